The molecule has 1 aromatic heterocycles. The minimum atomic E-state index is -0.924. The van der Waals surface area contributed by atoms with Crippen molar-refractivity contribution in [2.24, 2.45) is 0 Å². The number of aromatic nitrogens is 1. The van der Waals surface area contributed by atoms with Crippen molar-refractivity contribution >= 4 is 40.4 Å². The number of carboxylic acid groups (broad SMARTS) is 1. The Hall–Kier alpha value is -2.48. The minimum absolute atomic E-state index is 0.0747. The molecular weight excluding hydrogens is 342 g/mol. The lowest BCUT2D eigenvalue weighted by molar-refractivity contribution is -0.140. The largest absolute Gasteiger partial charge is 0.481 e. The van der Waals surface area contributed by atoms with Gasteiger partial charge < -0.3 is 20.3 Å². The van der Waals surface area contributed by atoms with Crippen molar-refractivity contribution in [2.75, 3.05) is 24.6 Å². The van der Waals surface area contributed by atoms with Crippen LogP contribution >= 0.6 is 11.8 Å². The monoisotopic (exact) mass is 361 g/mol. The van der Waals surface area contributed by atoms with Gasteiger partial charge in [-0.1, -0.05) is 18.2 Å². The first-order chi connectivity index (χ1) is 12.0. The lowest BCUT2D eigenvalue weighted by Gasteiger charge is -2.34. The predicted octanol–water partition coefficient (Wildman–Crippen LogP) is 1.32. The maximum atomic E-state index is 12.4. The molecule has 8 heteroatoms. The number of carbonyl (C=O) groups is 3. The molecule has 1 fully saturated rings. The Kier molecular flexibility index (Phi) is 5.28. The zero-order valence-electron chi connectivity index (χ0n) is 13.5. The normalized spacial score (nSPS) is 17.4. The summed E-state index contributed by atoms with van der Waals surface area (Å²) in [5.41, 5.74) is 1.25. The van der Waals surface area contributed by atoms with E-state index in [1.807, 2.05) is 24.3 Å². The SMILES string of the molecule is O=C(O)CC1CSCCN1C(=O)CNC(=O)c1cc2ccccc2[nH]1. The molecule has 25 heavy (non-hydrogen) atoms. The number of para-hydroxylation sites is 1. The topological polar surface area (TPSA) is 102 Å². The van der Waals surface area contributed by atoms with E-state index in [0.29, 0.717) is 18.0 Å². The number of rotatable bonds is 5. The van der Waals surface area contributed by atoms with E-state index in [4.69, 9.17) is 5.11 Å². The molecule has 2 aromatic rings. The summed E-state index contributed by atoms with van der Waals surface area (Å²) in [4.78, 5) is 40.2. The van der Waals surface area contributed by atoms with Crippen LogP contribution in [-0.4, -0.2) is 63.4 Å². The molecule has 3 N–H and O–H groups in total. The number of hydrogen-bond acceptors (Lipinski definition) is 4. The first-order valence-corrected chi connectivity index (χ1v) is 9.15. The molecule has 1 aromatic carbocycles. The van der Waals surface area contributed by atoms with Crippen LogP contribution in [0, 0.1) is 0 Å². The van der Waals surface area contributed by atoms with Crippen molar-refractivity contribution in [3.8, 4) is 0 Å². The highest BCUT2D eigenvalue weighted by Crippen LogP contribution is 2.19. The van der Waals surface area contributed by atoms with E-state index >= 15 is 0 Å². The molecule has 3 rings (SSSR count). The smallest absolute Gasteiger partial charge is 0.305 e. The number of H-pyrrole nitrogens is 1. The molecule has 1 aliphatic rings. The molecule has 0 radical (unpaired) electrons. The van der Waals surface area contributed by atoms with Gasteiger partial charge >= 0.3 is 5.97 Å². The van der Waals surface area contributed by atoms with Crippen molar-refractivity contribution in [3.63, 3.8) is 0 Å². The fourth-order valence-corrected chi connectivity index (χ4v) is 3.96. The lowest BCUT2D eigenvalue weighted by atomic mass is 10.2. The first kappa shape index (κ1) is 17.3. The van der Waals surface area contributed by atoms with Gasteiger partial charge in [0.1, 0.15) is 5.69 Å². The van der Waals surface area contributed by atoms with Gasteiger partial charge in [-0.2, -0.15) is 11.8 Å². The molecule has 1 saturated heterocycles. The first-order valence-electron chi connectivity index (χ1n) is 7.99. The second kappa shape index (κ2) is 7.60. The number of fused-ring (bicyclic) bond motifs is 1. The maximum absolute atomic E-state index is 12.4. The summed E-state index contributed by atoms with van der Waals surface area (Å²) in [6, 6.07) is 8.95. The number of carboxylic acids is 1. The Bertz CT molecular complexity index is 771. The Morgan fingerprint density at radius 2 is 2.12 bits per heavy atom. The fourth-order valence-electron chi connectivity index (χ4n) is 2.90. The summed E-state index contributed by atoms with van der Waals surface area (Å²) in [6.07, 6.45) is -0.0747. The van der Waals surface area contributed by atoms with Crippen LogP contribution in [0.2, 0.25) is 0 Å². The van der Waals surface area contributed by atoms with Crippen LogP contribution in [0.15, 0.2) is 30.3 Å². The van der Waals surface area contributed by atoms with Gasteiger partial charge in [0.25, 0.3) is 5.91 Å². The average molecular weight is 361 g/mol. The van der Waals surface area contributed by atoms with Crippen LogP contribution in [0.4, 0.5) is 0 Å². The summed E-state index contributed by atoms with van der Waals surface area (Å²) in [6.45, 7) is 0.360. The van der Waals surface area contributed by atoms with E-state index in [2.05, 4.69) is 10.3 Å². The molecule has 1 unspecified atom stereocenters. The molecule has 132 valence electrons. The van der Waals surface area contributed by atoms with Gasteiger partial charge in [-0.25, -0.2) is 0 Å². The van der Waals surface area contributed by atoms with Gasteiger partial charge in [-0.15, -0.1) is 0 Å². The highest BCUT2D eigenvalue weighted by atomic mass is 32.2. The highest BCUT2D eigenvalue weighted by Gasteiger charge is 2.28. The Morgan fingerprint density at radius 3 is 2.88 bits per heavy atom. The second-order valence-electron chi connectivity index (χ2n) is 5.87. The van der Waals surface area contributed by atoms with Gasteiger partial charge in [0.05, 0.1) is 19.0 Å². The molecule has 0 saturated carbocycles. The highest BCUT2D eigenvalue weighted by molar-refractivity contribution is 7.99. The van der Waals surface area contributed by atoms with Crippen molar-refractivity contribution < 1.29 is 19.5 Å². The van der Waals surface area contributed by atoms with E-state index in [1.54, 1.807) is 22.7 Å². The van der Waals surface area contributed by atoms with E-state index in [9.17, 15) is 14.4 Å². The van der Waals surface area contributed by atoms with E-state index in [-0.39, 0.29) is 30.8 Å². The van der Waals surface area contributed by atoms with Crippen molar-refractivity contribution in [1.82, 2.24) is 15.2 Å². The van der Waals surface area contributed by atoms with Gasteiger partial charge in [-0.05, 0) is 12.1 Å². The van der Waals surface area contributed by atoms with E-state index in [1.165, 1.54) is 0 Å². The Labute approximate surface area is 148 Å². The molecular formula is C17H19N3O4S. The summed E-state index contributed by atoms with van der Waals surface area (Å²) in [7, 11) is 0. The van der Waals surface area contributed by atoms with Crippen molar-refractivity contribution in [3.05, 3.63) is 36.0 Å². The van der Waals surface area contributed by atoms with Crippen molar-refractivity contribution in [1.29, 1.82) is 0 Å². The number of thioether (sulfide) groups is 1. The van der Waals surface area contributed by atoms with Crippen molar-refractivity contribution in [2.45, 2.75) is 12.5 Å². The zero-order chi connectivity index (χ0) is 17.8. The zero-order valence-corrected chi connectivity index (χ0v) is 14.3. The van der Waals surface area contributed by atoms with Crippen LogP contribution in [0.3, 0.4) is 0 Å². The maximum Gasteiger partial charge on any atom is 0.305 e. The molecule has 0 spiro atoms. The fraction of sp³-hybridized carbons (Fsp3) is 0.353. The number of nitrogens with one attached hydrogen (secondary N) is 2. The third-order valence-electron chi connectivity index (χ3n) is 4.13. The quantitative estimate of drug-likeness (QED) is 0.745. The molecule has 2 amide bonds. The molecule has 7 nitrogen and oxygen atoms in total. The number of amides is 2. The molecule has 0 bridgehead atoms. The van der Waals surface area contributed by atoms with E-state index < -0.39 is 5.97 Å². The predicted molar refractivity (Wildman–Crippen MR) is 95.7 cm³/mol. The number of nitrogens with zero attached hydrogens (tertiary/aromatic N) is 1. The average Bonchev–Trinajstić information content (AvgIpc) is 3.03. The Morgan fingerprint density at radius 1 is 1.32 bits per heavy atom. The summed E-state index contributed by atoms with van der Waals surface area (Å²) < 4.78 is 0. The number of benzene rings is 1. The molecule has 2 heterocycles. The lowest BCUT2D eigenvalue weighted by Crippen LogP contribution is -2.50. The number of carbonyl (C=O) groups excluding carboxylic acids is 2. The van der Waals surface area contributed by atoms with E-state index in [0.717, 1.165) is 16.7 Å². The third kappa shape index (κ3) is 4.14. The number of aromatic amines is 1. The van der Waals surface area contributed by atoms with Crippen LogP contribution in [-0.2, 0) is 9.59 Å². The summed E-state index contributed by atoms with van der Waals surface area (Å²) >= 11 is 1.64. The van der Waals surface area contributed by atoms with Crippen LogP contribution < -0.4 is 5.32 Å². The van der Waals surface area contributed by atoms with Gasteiger partial charge in [0.2, 0.25) is 5.91 Å². The second-order valence-corrected chi connectivity index (χ2v) is 7.02. The summed E-state index contributed by atoms with van der Waals surface area (Å²) in [5, 5.41) is 12.5. The molecule has 1 atom stereocenters. The molecule has 0 aliphatic carbocycles. The Balaban J connectivity index is 1.60. The number of hydrogen-bond donors (Lipinski definition) is 3. The molecule has 1 aliphatic heterocycles. The van der Waals surface area contributed by atoms with Gasteiger partial charge in [0, 0.05) is 29.0 Å². The third-order valence-corrected chi connectivity index (χ3v) is 5.22. The summed E-state index contributed by atoms with van der Waals surface area (Å²) in [5.74, 6) is -0.152. The van der Waals surface area contributed by atoms with Gasteiger partial charge in [0.15, 0.2) is 0 Å². The van der Waals surface area contributed by atoms with Gasteiger partial charge in [-0.3, -0.25) is 14.4 Å². The van der Waals surface area contributed by atoms with Crippen LogP contribution in [0.25, 0.3) is 10.9 Å². The minimum Gasteiger partial charge on any atom is -0.481 e. The van der Waals surface area contributed by atoms with Crippen LogP contribution in [0.1, 0.15) is 16.9 Å². The standard InChI is InChI=1S/C17H19N3O4S/c21-15(20-5-6-25-10-12(20)8-16(22)23)9-18-17(24)14-7-11-3-1-2-4-13(11)19-14/h1-4,7,12,19H,5-6,8-10H2,(H,18,24)(H,22,23). The number of aliphatic carboxylic acids is 1. The van der Waals surface area contributed by atoms with Crippen LogP contribution in [0.5, 0.6) is 0 Å².